The third-order valence-corrected chi connectivity index (χ3v) is 3.28. The summed E-state index contributed by atoms with van der Waals surface area (Å²) in [5.41, 5.74) is -0.136. The van der Waals surface area contributed by atoms with Gasteiger partial charge in [0.05, 0.1) is 0 Å². The minimum atomic E-state index is -0.136. The van der Waals surface area contributed by atoms with Gasteiger partial charge < -0.3 is 10.3 Å². The van der Waals surface area contributed by atoms with Crippen LogP contribution in [-0.2, 0) is 0 Å². The van der Waals surface area contributed by atoms with Crippen molar-refractivity contribution in [1.82, 2.24) is 9.97 Å². The zero-order chi connectivity index (χ0) is 10.7. The zero-order valence-electron chi connectivity index (χ0n) is 8.99. The molecule has 1 aliphatic rings. The molecule has 2 rings (SSSR count). The van der Waals surface area contributed by atoms with Gasteiger partial charge in [0, 0.05) is 18.9 Å². The average Bonchev–Trinajstić information content (AvgIpc) is 2.63. The highest BCUT2D eigenvalue weighted by Gasteiger charge is 2.23. The van der Waals surface area contributed by atoms with Crippen LogP contribution in [-0.4, -0.2) is 16.5 Å². The first kappa shape index (κ1) is 10.2. The number of H-pyrrole nitrogens is 1. The highest BCUT2D eigenvalue weighted by molar-refractivity contribution is 5.29. The minimum absolute atomic E-state index is 0.136. The molecule has 1 aromatic heterocycles. The fourth-order valence-electron chi connectivity index (χ4n) is 2.23. The molecular formula is C11H17N3O. The fourth-order valence-corrected chi connectivity index (χ4v) is 2.23. The smallest absolute Gasteiger partial charge is 0.290 e. The quantitative estimate of drug-likeness (QED) is 0.791. The molecule has 82 valence electrons. The van der Waals surface area contributed by atoms with Crippen molar-refractivity contribution in [2.45, 2.75) is 26.2 Å². The molecule has 0 spiro atoms. The van der Waals surface area contributed by atoms with Gasteiger partial charge in [-0.15, -0.1) is 0 Å². The van der Waals surface area contributed by atoms with Crippen molar-refractivity contribution in [3.05, 3.63) is 22.7 Å². The van der Waals surface area contributed by atoms with Crippen LogP contribution >= 0.6 is 0 Å². The lowest BCUT2D eigenvalue weighted by Crippen LogP contribution is -2.22. The Morgan fingerprint density at radius 3 is 3.13 bits per heavy atom. The van der Waals surface area contributed by atoms with Crippen molar-refractivity contribution in [2.24, 2.45) is 11.8 Å². The number of nitrogens with zero attached hydrogens (tertiary/aromatic N) is 1. The molecular weight excluding hydrogens is 190 g/mol. The maximum Gasteiger partial charge on any atom is 0.290 e. The average molecular weight is 207 g/mol. The number of rotatable bonds is 3. The summed E-state index contributed by atoms with van der Waals surface area (Å²) in [5.74, 6) is 1.89. The molecule has 0 aromatic carbocycles. The lowest BCUT2D eigenvalue weighted by molar-refractivity contribution is 0.439. The van der Waals surface area contributed by atoms with E-state index in [0.717, 1.165) is 12.5 Å². The Morgan fingerprint density at radius 2 is 2.47 bits per heavy atom. The maximum atomic E-state index is 11.3. The van der Waals surface area contributed by atoms with Gasteiger partial charge in [0.15, 0.2) is 5.82 Å². The lowest BCUT2D eigenvalue weighted by atomic mass is 9.98. The molecule has 2 unspecified atom stereocenters. The normalized spacial score (nSPS) is 25.4. The molecule has 1 aromatic rings. The van der Waals surface area contributed by atoms with Gasteiger partial charge in [-0.2, -0.15) is 0 Å². The second-order valence-corrected chi connectivity index (χ2v) is 4.32. The first-order chi connectivity index (χ1) is 7.27. The second-order valence-electron chi connectivity index (χ2n) is 4.32. The second kappa shape index (κ2) is 4.47. The van der Waals surface area contributed by atoms with Crippen LogP contribution in [0.5, 0.6) is 0 Å². The molecule has 1 fully saturated rings. The molecule has 1 aliphatic carbocycles. The summed E-state index contributed by atoms with van der Waals surface area (Å²) in [7, 11) is 0. The molecule has 4 nitrogen and oxygen atoms in total. The molecule has 1 heterocycles. The molecule has 0 bridgehead atoms. The highest BCUT2D eigenvalue weighted by atomic mass is 16.1. The van der Waals surface area contributed by atoms with Crippen molar-refractivity contribution in [3.8, 4) is 0 Å². The summed E-state index contributed by atoms with van der Waals surface area (Å²) in [4.78, 5) is 17.9. The molecule has 15 heavy (non-hydrogen) atoms. The summed E-state index contributed by atoms with van der Waals surface area (Å²) in [6.07, 6.45) is 7.03. The number of hydrogen-bond donors (Lipinski definition) is 2. The van der Waals surface area contributed by atoms with Gasteiger partial charge in [0.25, 0.3) is 5.56 Å². The first-order valence-corrected chi connectivity index (χ1v) is 5.55. The van der Waals surface area contributed by atoms with Crippen LogP contribution in [0.25, 0.3) is 0 Å². The van der Waals surface area contributed by atoms with Gasteiger partial charge in [-0.05, 0) is 18.3 Å². The third kappa shape index (κ3) is 2.37. The first-order valence-electron chi connectivity index (χ1n) is 5.55. The summed E-state index contributed by atoms with van der Waals surface area (Å²) in [5, 5.41) is 3.13. The maximum absolute atomic E-state index is 11.3. The molecule has 0 aliphatic heterocycles. The fraction of sp³-hybridized carbons (Fsp3) is 0.636. The van der Waals surface area contributed by atoms with Crippen molar-refractivity contribution in [3.63, 3.8) is 0 Å². The van der Waals surface area contributed by atoms with Gasteiger partial charge in [-0.3, -0.25) is 4.79 Å². The number of aromatic nitrogens is 2. The Hall–Kier alpha value is -1.32. The topological polar surface area (TPSA) is 57.8 Å². The standard InChI is InChI=1S/C11H17N3O/c1-8-3-2-4-9(8)7-14-10-11(15)13-6-5-12-10/h5-6,8-9H,2-4,7H2,1H3,(H,12,14)(H,13,15). The van der Waals surface area contributed by atoms with Crippen LogP contribution in [0.4, 0.5) is 5.82 Å². The van der Waals surface area contributed by atoms with Gasteiger partial charge in [-0.25, -0.2) is 4.98 Å². The van der Waals surface area contributed by atoms with Crippen molar-refractivity contribution < 1.29 is 0 Å². The van der Waals surface area contributed by atoms with Crippen LogP contribution in [0.2, 0.25) is 0 Å². The van der Waals surface area contributed by atoms with E-state index in [1.54, 1.807) is 12.4 Å². The summed E-state index contributed by atoms with van der Waals surface area (Å²) >= 11 is 0. The monoisotopic (exact) mass is 207 g/mol. The Bertz CT molecular complexity index is 374. The van der Waals surface area contributed by atoms with E-state index in [2.05, 4.69) is 22.2 Å². The summed E-state index contributed by atoms with van der Waals surface area (Å²) in [6.45, 7) is 3.14. The van der Waals surface area contributed by atoms with E-state index in [-0.39, 0.29) is 5.56 Å². The molecule has 2 N–H and O–H groups in total. The Kier molecular flexibility index (Phi) is 3.04. The van der Waals surface area contributed by atoms with Crippen molar-refractivity contribution in [2.75, 3.05) is 11.9 Å². The van der Waals surface area contributed by atoms with Crippen molar-refractivity contribution >= 4 is 5.82 Å². The van der Waals surface area contributed by atoms with Crippen LogP contribution in [0, 0.1) is 11.8 Å². The van der Waals surface area contributed by atoms with E-state index in [1.807, 2.05) is 0 Å². The van der Waals surface area contributed by atoms with E-state index in [0.29, 0.717) is 11.7 Å². The SMILES string of the molecule is CC1CCCC1CNc1ncc[nH]c1=O. The van der Waals surface area contributed by atoms with Gasteiger partial charge in [0.1, 0.15) is 0 Å². The largest absolute Gasteiger partial charge is 0.365 e. The van der Waals surface area contributed by atoms with Gasteiger partial charge in [-0.1, -0.05) is 19.8 Å². The van der Waals surface area contributed by atoms with Crippen LogP contribution in [0.1, 0.15) is 26.2 Å². The lowest BCUT2D eigenvalue weighted by Gasteiger charge is -2.15. The van der Waals surface area contributed by atoms with Crippen LogP contribution < -0.4 is 10.9 Å². The molecule has 1 saturated carbocycles. The number of hydrogen-bond acceptors (Lipinski definition) is 3. The minimum Gasteiger partial charge on any atom is -0.365 e. The predicted molar refractivity (Wildman–Crippen MR) is 59.9 cm³/mol. The summed E-state index contributed by atoms with van der Waals surface area (Å²) in [6, 6.07) is 0. The number of nitrogens with one attached hydrogen (secondary N) is 2. The van der Waals surface area contributed by atoms with E-state index >= 15 is 0 Å². The van der Waals surface area contributed by atoms with Gasteiger partial charge in [0.2, 0.25) is 0 Å². The highest BCUT2D eigenvalue weighted by Crippen LogP contribution is 2.30. The molecule has 2 atom stereocenters. The third-order valence-electron chi connectivity index (χ3n) is 3.28. The zero-order valence-corrected chi connectivity index (χ0v) is 8.99. The molecule has 0 amide bonds. The van der Waals surface area contributed by atoms with Crippen molar-refractivity contribution in [1.29, 1.82) is 0 Å². The van der Waals surface area contributed by atoms with E-state index in [4.69, 9.17) is 0 Å². The Morgan fingerprint density at radius 1 is 1.60 bits per heavy atom. The number of anilines is 1. The predicted octanol–water partition coefficient (Wildman–Crippen LogP) is 1.62. The Balaban J connectivity index is 1.93. The summed E-state index contributed by atoms with van der Waals surface area (Å²) < 4.78 is 0. The van der Waals surface area contributed by atoms with Gasteiger partial charge >= 0.3 is 0 Å². The van der Waals surface area contributed by atoms with E-state index in [9.17, 15) is 4.79 Å². The number of aromatic amines is 1. The van der Waals surface area contributed by atoms with E-state index < -0.39 is 0 Å². The van der Waals surface area contributed by atoms with Crippen LogP contribution in [0.3, 0.4) is 0 Å². The van der Waals surface area contributed by atoms with Crippen LogP contribution in [0.15, 0.2) is 17.2 Å². The molecule has 4 heteroatoms. The molecule has 0 saturated heterocycles. The Labute approximate surface area is 89.1 Å². The molecule has 0 radical (unpaired) electrons. The van der Waals surface area contributed by atoms with E-state index in [1.165, 1.54) is 19.3 Å².